The Balaban J connectivity index is 1.38. The monoisotopic (exact) mass is 700 g/mol. The molecule has 50 heavy (non-hydrogen) atoms. The van der Waals surface area contributed by atoms with Crippen LogP contribution in [0, 0.1) is 0 Å². The third-order valence-corrected chi connectivity index (χ3v) is 10.8. The van der Waals surface area contributed by atoms with E-state index >= 15 is 0 Å². The van der Waals surface area contributed by atoms with Crippen molar-refractivity contribution in [2.45, 2.75) is 24.6 Å². The summed E-state index contributed by atoms with van der Waals surface area (Å²) in [7, 11) is 7.44. The van der Waals surface area contributed by atoms with Crippen LogP contribution in [0.3, 0.4) is 0 Å². The van der Waals surface area contributed by atoms with Crippen LogP contribution in [0.2, 0.25) is 0 Å². The Labute approximate surface area is 303 Å². The van der Waals surface area contributed by atoms with Crippen molar-refractivity contribution < 1.29 is 19.5 Å². The first kappa shape index (κ1) is 34.9. The Kier molecular flexibility index (Phi) is 12.0. The standard InChI is InChI=1S/C42H42N4O2S2/c1-43-41(49-27-29-15-7-5-8-16-29)45-25-33-23-31-19-11-13-21-35(31)37(39(33)47-3)38-36-22-14-12-20-32(36)24-34(40(38)48-4)26-46-42(44-2)50-28-30-17-9-6-10-18-30/h5-24H,25-28H2,1-4H3,(H,43,45)(H,44,46)/p+2. The second-order valence-electron chi connectivity index (χ2n) is 11.7. The molecular formula is C42H44N4O2S2+2. The minimum atomic E-state index is 0.583. The molecule has 0 atom stereocenters. The van der Waals surface area contributed by atoms with Gasteiger partial charge in [-0.15, -0.1) is 0 Å². The van der Waals surface area contributed by atoms with E-state index in [1.165, 1.54) is 11.1 Å². The Bertz CT molecular complexity index is 1970. The van der Waals surface area contributed by atoms with Crippen molar-refractivity contribution in [2.75, 3.05) is 28.3 Å². The molecule has 0 aromatic heterocycles. The Hall–Kier alpha value is -4.92. The van der Waals surface area contributed by atoms with Crippen molar-refractivity contribution >= 4 is 55.4 Å². The molecule has 0 aliphatic carbocycles. The summed E-state index contributed by atoms with van der Waals surface area (Å²) in [5.41, 5.74) is 6.73. The van der Waals surface area contributed by atoms with Gasteiger partial charge in [0.25, 0.3) is 0 Å². The maximum atomic E-state index is 6.35. The van der Waals surface area contributed by atoms with Crippen LogP contribution < -0.4 is 30.1 Å². The van der Waals surface area contributed by atoms with Gasteiger partial charge in [0.1, 0.15) is 24.6 Å². The number of fused-ring (bicyclic) bond motifs is 2. The molecule has 0 aliphatic heterocycles. The SMILES string of the molecule is C[NH+]=C(NCc1cc2ccccc2c(-c2c(OC)c(CNC(=[NH+]C)SCc3ccccc3)cc3ccccc23)c1OC)SCc1ccccc1. The van der Waals surface area contributed by atoms with Crippen LogP contribution in [0.1, 0.15) is 22.3 Å². The van der Waals surface area contributed by atoms with Crippen LogP contribution in [-0.2, 0) is 24.6 Å². The number of amidine groups is 2. The fraction of sp³-hybridized carbons (Fsp3) is 0.190. The van der Waals surface area contributed by atoms with E-state index in [1.54, 1.807) is 37.7 Å². The van der Waals surface area contributed by atoms with Crippen molar-refractivity contribution in [1.29, 1.82) is 0 Å². The van der Waals surface area contributed by atoms with Gasteiger partial charge in [-0.05, 0) is 68.3 Å². The molecule has 0 heterocycles. The van der Waals surface area contributed by atoms with Gasteiger partial charge < -0.3 is 9.47 Å². The summed E-state index contributed by atoms with van der Waals surface area (Å²) < 4.78 is 12.7. The highest BCUT2D eigenvalue weighted by Gasteiger charge is 2.25. The summed E-state index contributed by atoms with van der Waals surface area (Å²) >= 11 is 3.50. The molecule has 6 aromatic carbocycles. The summed E-state index contributed by atoms with van der Waals surface area (Å²) in [6, 6.07) is 42.6. The number of ether oxygens (including phenoxy) is 2. The molecule has 0 unspecified atom stereocenters. The van der Waals surface area contributed by atoms with Crippen LogP contribution in [0.15, 0.2) is 121 Å². The van der Waals surface area contributed by atoms with Gasteiger partial charge in [0, 0.05) is 33.8 Å². The smallest absolute Gasteiger partial charge is 0.304 e. The average Bonchev–Trinajstić information content (AvgIpc) is 3.17. The molecule has 254 valence electrons. The maximum absolute atomic E-state index is 6.35. The molecule has 0 saturated heterocycles. The largest absolute Gasteiger partial charge is 0.496 e. The topological polar surface area (TPSA) is 70.5 Å². The molecule has 0 amide bonds. The summed E-state index contributed by atoms with van der Waals surface area (Å²) in [6.45, 7) is 1.17. The summed E-state index contributed by atoms with van der Waals surface area (Å²) in [5.74, 6) is 3.39. The van der Waals surface area contributed by atoms with Crippen molar-refractivity contribution in [1.82, 2.24) is 10.6 Å². The molecular weight excluding hydrogens is 657 g/mol. The van der Waals surface area contributed by atoms with Gasteiger partial charge in [-0.2, -0.15) is 0 Å². The molecule has 0 fully saturated rings. The van der Waals surface area contributed by atoms with Gasteiger partial charge in [-0.1, -0.05) is 109 Å². The predicted octanol–water partition coefficient (Wildman–Crippen LogP) is 5.86. The van der Waals surface area contributed by atoms with Crippen molar-refractivity contribution in [3.05, 3.63) is 144 Å². The van der Waals surface area contributed by atoms with Crippen LogP contribution >= 0.6 is 23.5 Å². The van der Waals surface area contributed by atoms with Crippen molar-refractivity contribution in [3.63, 3.8) is 0 Å². The number of rotatable bonds is 11. The predicted molar refractivity (Wildman–Crippen MR) is 213 cm³/mol. The first-order chi connectivity index (χ1) is 24.6. The Morgan fingerprint density at radius 1 is 0.540 bits per heavy atom. The van der Waals surface area contributed by atoms with Crippen LogP contribution in [0.25, 0.3) is 32.7 Å². The van der Waals surface area contributed by atoms with Gasteiger partial charge in [0.15, 0.2) is 0 Å². The highest BCUT2D eigenvalue weighted by molar-refractivity contribution is 8.13. The van der Waals surface area contributed by atoms with E-state index in [9.17, 15) is 0 Å². The third kappa shape index (κ3) is 8.09. The van der Waals surface area contributed by atoms with Crippen molar-refractivity contribution in [3.8, 4) is 22.6 Å². The molecule has 0 aliphatic rings. The molecule has 8 heteroatoms. The molecule has 0 saturated carbocycles. The van der Waals surface area contributed by atoms with E-state index in [4.69, 9.17) is 9.47 Å². The number of thioether (sulfide) groups is 2. The number of hydrogen-bond donors (Lipinski definition) is 4. The number of methoxy groups -OCH3 is 2. The van der Waals surface area contributed by atoms with E-state index in [-0.39, 0.29) is 0 Å². The van der Waals surface area contributed by atoms with Crippen LogP contribution in [0.5, 0.6) is 11.5 Å². The van der Waals surface area contributed by atoms with Gasteiger partial charge in [-0.3, -0.25) is 20.6 Å². The lowest BCUT2D eigenvalue weighted by Gasteiger charge is -2.22. The third-order valence-electron chi connectivity index (χ3n) is 8.60. The summed E-state index contributed by atoms with van der Waals surface area (Å²) in [6.07, 6.45) is 0. The first-order valence-corrected chi connectivity index (χ1v) is 18.7. The van der Waals surface area contributed by atoms with E-state index in [0.717, 1.165) is 77.1 Å². The van der Waals surface area contributed by atoms with E-state index in [2.05, 4.69) is 130 Å². The molecule has 6 rings (SSSR count). The lowest BCUT2D eigenvalue weighted by molar-refractivity contribution is -0.419. The Morgan fingerprint density at radius 3 is 1.30 bits per heavy atom. The molecule has 6 nitrogen and oxygen atoms in total. The number of hydrogen-bond acceptors (Lipinski definition) is 4. The normalized spacial score (nSPS) is 11.9. The van der Waals surface area contributed by atoms with E-state index in [1.807, 2.05) is 26.2 Å². The Morgan fingerprint density at radius 2 is 0.920 bits per heavy atom. The lowest BCUT2D eigenvalue weighted by Crippen LogP contribution is -2.70. The first-order valence-electron chi connectivity index (χ1n) is 16.7. The summed E-state index contributed by atoms with van der Waals surface area (Å²) in [4.78, 5) is 6.70. The highest BCUT2D eigenvalue weighted by atomic mass is 32.2. The van der Waals surface area contributed by atoms with E-state index < -0.39 is 0 Å². The number of benzene rings is 6. The molecule has 0 spiro atoms. The molecule has 6 aromatic rings. The van der Waals surface area contributed by atoms with Gasteiger partial charge >= 0.3 is 10.3 Å². The fourth-order valence-electron chi connectivity index (χ4n) is 6.23. The van der Waals surface area contributed by atoms with Crippen LogP contribution in [-0.4, -0.2) is 38.7 Å². The van der Waals surface area contributed by atoms with Crippen molar-refractivity contribution in [2.24, 2.45) is 0 Å². The molecule has 0 radical (unpaired) electrons. The maximum Gasteiger partial charge on any atom is 0.304 e. The average molecular weight is 701 g/mol. The zero-order valence-electron chi connectivity index (χ0n) is 29.0. The lowest BCUT2D eigenvalue weighted by atomic mass is 9.88. The summed E-state index contributed by atoms with van der Waals surface area (Å²) in [5, 5.41) is 13.8. The molecule has 4 N–H and O–H groups in total. The highest BCUT2D eigenvalue weighted by Crippen LogP contribution is 2.48. The zero-order valence-corrected chi connectivity index (χ0v) is 30.6. The quantitative estimate of drug-likeness (QED) is 0.100. The van der Waals surface area contributed by atoms with Gasteiger partial charge in [0.05, 0.1) is 28.3 Å². The second-order valence-corrected chi connectivity index (χ2v) is 13.7. The second kappa shape index (κ2) is 17.1. The number of nitrogens with one attached hydrogen (secondary N) is 4. The van der Waals surface area contributed by atoms with Crippen LogP contribution in [0.4, 0.5) is 0 Å². The van der Waals surface area contributed by atoms with E-state index in [0.29, 0.717) is 13.1 Å². The fourth-order valence-corrected chi connectivity index (χ4v) is 7.88. The minimum absolute atomic E-state index is 0.583. The minimum Gasteiger partial charge on any atom is -0.496 e. The molecule has 0 bridgehead atoms. The zero-order chi connectivity index (χ0) is 34.7. The van der Waals surface area contributed by atoms with Gasteiger partial charge in [-0.25, -0.2) is 0 Å². The van der Waals surface area contributed by atoms with Gasteiger partial charge in [0.2, 0.25) is 0 Å².